The van der Waals surface area contributed by atoms with Crippen LogP contribution in [0.5, 0.6) is 0 Å². The van der Waals surface area contributed by atoms with Crippen molar-refractivity contribution in [3.05, 3.63) is 30.6 Å². The Morgan fingerprint density at radius 3 is 3.21 bits per heavy atom. The molecule has 0 bridgehead atoms. The van der Waals surface area contributed by atoms with Gasteiger partial charge in [-0.2, -0.15) is 0 Å². The molecule has 0 aliphatic rings. The Balaban J connectivity index is 2.63. The number of hydrogen-bond acceptors (Lipinski definition) is 4. The number of ether oxygens (including phenoxy) is 1. The number of rotatable bonds is 4. The molecule has 0 atom stereocenters. The highest BCUT2D eigenvalue weighted by atomic mass is 16.5. The minimum atomic E-state index is -0.414. The SMILES string of the molecule is C=CCn1cc(/C=C\C(=O)OC)nn1. The second-order valence-corrected chi connectivity index (χ2v) is 2.51. The number of nitrogens with zero attached hydrogens (tertiary/aromatic N) is 3. The molecular formula is C9H11N3O2. The Morgan fingerprint density at radius 1 is 1.79 bits per heavy atom. The van der Waals surface area contributed by atoms with Gasteiger partial charge in [0, 0.05) is 6.08 Å². The van der Waals surface area contributed by atoms with Gasteiger partial charge in [-0.15, -0.1) is 11.7 Å². The van der Waals surface area contributed by atoms with Gasteiger partial charge in [-0.05, 0) is 6.08 Å². The topological polar surface area (TPSA) is 57.0 Å². The molecular weight excluding hydrogens is 182 g/mol. The fraction of sp³-hybridized carbons (Fsp3) is 0.222. The molecule has 14 heavy (non-hydrogen) atoms. The molecule has 0 N–H and O–H groups in total. The molecule has 74 valence electrons. The third-order valence-corrected chi connectivity index (χ3v) is 1.46. The number of carbonyl (C=O) groups excluding carboxylic acids is 1. The zero-order valence-corrected chi connectivity index (χ0v) is 7.88. The van der Waals surface area contributed by atoms with Gasteiger partial charge < -0.3 is 4.74 Å². The van der Waals surface area contributed by atoms with Gasteiger partial charge in [0.2, 0.25) is 0 Å². The molecule has 0 radical (unpaired) electrons. The second kappa shape index (κ2) is 4.96. The molecule has 0 spiro atoms. The first-order valence-electron chi connectivity index (χ1n) is 4.03. The molecule has 0 amide bonds. The lowest BCUT2D eigenvalue weighted by atomic mass is 10.4. The molecule has 1 heterocycles. The number of carbonyl (C=O) groups is 1. The van der Waals surface area contributed by atoms with Gasteiger partial charge in [0.15, 0.2) is 0 Å². The fourth-order valence-electron chi connectivity index (χ4n) is 0.833. The molecule has 1 aromatic rings. The third kappa shape index (κ3) is 2.85. The van der Waals surface area contributed by atoms with Crippen LogP contribution < -0.4 is 0 Å². The van der Waals surface area contributed by atoms with Crippen LogP contribution in [0.25, 0.3) is 6.08 Å². The van der Waals surface area contributed by atoms with E-state index >= 15 is 0 Å². The predicted molar refractivity (Wildman–Crippen MR) is 51.3 cm³/mol. The van der Waals surface area contributed by atoms with Crippen LogP contribution in [0.3, 0.4) is 0 Å². The van der Waals surface area contributed by atoms with Crippen LogP contribution >= 0.6 is 0 Å². The van der Waals surface area contributed by atoms with Crippen molar-refractivity contribution in [2.24, 2.45) is 0 Å². The molecule has 1 rings (SSSR count). The summed E-state index contributed by atoms with van der Waals surface area (Å²) in [5, 5.41) is 7.61. The van der Waals surface area contributed by atoms with Gasteiger partial charge >= 0.3 is 5.97 Å². The third-order valence-electron chi connectivity index (χ3n) is 1.46. The van der Waals surface area contributed by atoms with Crippen LogP contribution in [-0.4, -0.2) is 28.1 Å². The Morgan fingerprint density at radius 2 is 2.57 bits per heavy atom. The first kappa shape index (κ1) is 10.2. The summed E-state index contributed by atoms with van der Waals surface area (Å²) >= 11 is 0. The summed E-state index contributed by atoms with van der Waals surface area (Å²) in [4.78, 5) is 10.7. The average Bonchev–Trinajstić information content (AvgIpc) is 2.63. The summed E-state index contributed by atoms with van der Waals surface area (Å²) in [7, 11) is 1.32. The van der Waals surface area contributed by atoms with Gasteiger partial charge in [-0.25, -0.2) is 9.48 Å². The van der Waals surface area contributed by atoms with Gasteiger partial charge in [-0.1, -0.05) is 11.3 Å². The smallest absolute Gasteiger partial charge is 0.330 e. The highest BCUT2D eigenvalue weighted by molar-refractivity contribution is 5.86. The summed E-state index contributed by atoms with van der Waals surface area (Å²) < 4.78 is 6.04. The zero-order valence-electron chi connectivity index (χ0n) is 7.88. The van der Waals surface area contributed by atoms with E-state index in [1.54, 1.807) is 23.0 Å². The molecule has 0 unspecified atom stereocenters. The maximum absolute atomic E-state index is 10.7. The molecule has 0 aliphatic heterocycles. The Hall–Kier alpha value is -1.91. The standard InChI is InChI=1S/C9H11N3O2/c1-3-6-12-7-8(10-11-12)4-5-9(13)14-2/h3-5,7H,1,6H2,2H3/b5-4-. The monoisotopic (exact) mass is 193 g/mol. The van der Waals surface area contributed by atoms with E-state index in [0.717, 1.165) is 0 Å². The number of esters is 1. The van der Waals surface area contributed by atoms with E-state index in [9.17, 15) is 4.79 Å². The normalized spacial score (nSPS) is 10.4. The summed E-state index contributed by atoms with van der Waals surface area (Å²) in [6.07, 6.45) is 6.25. The predicted octanol–water partition coefficient (Wildman–Crippen LogP) is 0.650. The summed E-state index contributed by atoms with van der Waals surface area (Å²) in [5.74, 6) is -0.414. The first-order valence-corrected chi connectivity index (χ1v) is 4.03. The number of allylic oxidation sites excluding steroid dienone is 1. The van der Waals surface area contributed by atoms with Gasteiger partial charge in [0.25, 0.3) is 0 Å². The lowest BCUT2D eigenvalue weighted by Gasteiger charge is -1.88. The Kier molecular flexibility index (Phi) is 3.60. The van der Waals surface area contributed by atoms with Crippen LogP contribution in [0.1, 0.15) is 5.69 Å². The van der Waals surface area contributed by atoms with Crippen molar-refractivity contribution in [3.63, 3.8) is 0 Å². The first-order chi connectivity index (χ1) is 6.76. The second-order valence-electron chi connectivity index (χ2n) is 2.51. The van der Waals surface area contributed by atoms with Crippen molar-refractivity contribution < 1.29 is 9.53 Å². The van der Waals surface area contributed by atoms with Crippen molar-refractivity contribution in [2.75, 3.05) is 7.11 Å². The van der Waals surface area contributed by atoms with Crippen LogP contribution in [0.15, 0.2) is 24.9 Å². The minimum absolute atomic E-state index is 0.414. The molecule has 0 saturated carbocycles. The fourth-order valence-corrected chi connectivity index (χ4v) is 0.833. The summed E-state index contributed by atoms with van der Waals surface area (Å²) in [6, 6.07) is 0. The van der Waals surface area contributed by atoms with Crippen LogP contribution in [0.4, 0.5) is 0 Å². The maximum atomic E-state index is 10.7. The van der Waals surface area contributed by atoms with Crippen molar-refractivity contribution >= 4 is 12.0 Å². The molecule has 5 heteroatoms. The Labute approximate surface area is 81.7 Å². The lowest BCUT2D eigenvalue weighted by Crippen LogP contribution is -1.94. The highest BCUT2D eigenvalue weighted by Gasteiger charge is 1.96. The maximum Gasteiger partial charge on any atom is 0.330 e. The number of aromatic nitrogens is 3. The molecule has 0 aliphatic carbocycles. The quantitative estimate of drug-likeness (QED) is 0.400. The van der Waals surface area contributed by atoms with E-state index in [4.69, 9.17) is 0 Å². The van der Waals surface area contributed by atoms with Crippen molar-refractivity contribution in [1.82, 2.24) is 15.0 Å². The van der Waals surface area contributed by atoms with Crippen molar-refractivity contribution in [2.45, 2.75) is 6.54 Å². The molecule has 0 saturated heterocycles. The molecule has 0 aromatic carbocycles. The zero-order chi connectivity index (χ0) is 10.4. The minimum Gasteiger partial charge on any atom is -0.466 e. The van der Waals surface area contributed by atoms with Gasteiger partial charge in [0.05, 0.1) is 19.9 Å². The van der Waals surface area contributed by atoms with Crippen LogP contribution in [-0.2, 0) is 16.1 Å². The molecule has 0 fully saturated rings. The number of methoxy groups -OCH3 is 1. The molecule has 5 nitrogen and oxygen atoms in total. The van der Waals surface area contributed by atoms with Crippen molar-refractivity contribution in [3.8, 4) is 0 Å². The van der Waals surface area contributed by atoms with E-state index in [1.807, 2.05) is 0 Å². The van der Waals surface area contributed by atoms with E-state index in [0.29, 0.717) is 12.2 Å². The largest absolute Gasteiger partial charge is 0.466 e. The van der Waals surface area contributed by atoms with Crippen LogP contribution in [0.2, 0.25) is 0 Å². The van der Waals surface area contributed by atoms with Crippen molar-refractivity contribution in [1.29, 1.82) is 0 Å². The average molecular weight is 193 g/mol. The highest BCUT2D eigenvalue weighted by Crippen LogP contribution is 1.96. The number of hydrogen-bond donors (Lipinski definition) is 0. The van der Waals surface area contributed by atoms with E-state index in [2.05, 4.69) is 21.6 Å². The van der Waals surface area contributed by atoms with E-state index in [-0.39, 0.29) is 0 Å². The summed E-state index contributed by atoms with van der Waals surface area (Å²) in [5.41, 5.74) is 0.609. The Bertz CT molecular complexity index is 355. The van der Waals surface area contributed by atoms with E-state index in [1.165, 1.54) is 13.2 Å². The summed E-state index contributed by atoms with van der Waals surface area (Å²) in [6.45, 7) is 4.17. The van der Waals surface area contributed by atoms with E-state index < -0.39 is 5.97 Å². The molecule has 1 aromatic heterocycles. The van der Waals surface area contributed by atoms with Gasteiger partial charge in [0.1, 0.15) is 5.69 Å². The van der Waals surface area contributed by atoms with Gasteiger partial charge in [-0.3, -0.25) is 0 Å². The lowest BCUT2D eigenvalue weighted by molar-refractivity contribution is -0.134. The van der Waals surface area contributed by atoms with Crippen LogP contribution in [0, 0.1) is 0 Å².